The Hall–Kier alpha value is -2.62. The summed E-state index contributed by atoms with van der Waals surface area (Å²) in [6.45, 7) is 2.22. The number of amides is 2. The summed E-state index contributed by atoms with van der Waals surface area (Å²) in [5.74, 6) is 0.255. The van der Waals surface area contributed by atoms with E-state index >= 15 is 0 Å². The number of piperazine rings is 1. The maximum absolute atomic E-state index is 12.7. The van der Waals surface area contributed by atoms with Crippen molar-refractivity contribution in [1.82, 2.24) is 19.8 Å². The van der Waals surface area contributed by atoms with E-state index < -0.39 is 0 Å². The van der Waals surface area contributed by atoms with Gasteiger partial charge in [-0.05, 0) is 18.2 Å². The number of halogens is 2. The van der Waals surface area contributed by atoms with Gasteiger partial charge in [0.15, 0.2) is 0 Å². The van der Waals surface area contributed by atoms with E-state index in [1.165, 1.54) is 20.3 Å². The van der Waals surface area contributed by atoms with Crippen LogP contribution in [0.5, 0.6) is 11.8 Å². The molecule has 1 aromatic heterocycles. The number of ether oxygens (including phenoxy) is 2. The smallest absolute Gasteiger partial charge is 0.254 e. The lowest BCUT2D eigenvalue weighted by Crippen LogP contribution is -2.50. The average Bonchev–Trinajstić information content (AvgIpc) is 2.72. The highest BCUT2D eigenvalue weighted by Gasteiger charge is 2.24. The third-order valence-electron chi connectivity index (χ3n) is 4.48. The molecule has 0 atom stereocenters. The Bertz CT molecular complexity index is 893. The number of carbonyl (C=O) groups excluding carboxylic acids is 2. The minimum Gasteiger partial charge on any atom is -0.481 e. The monoisotopic (exact) mass is 453 g/mol. The predicted octanol–water partition coefficient (Wildman–Crippen LogP) is 2.20. The van der Waals surface area contributed by atoms with Crippen LogP contribution in [0.3, 0.4) is 0 Å². The van der Waals surface area contributed by atoms with E-state index in [0.29, 0.717) is 41.8 Å². The third-order valence-corrected chi connectivity index (χ3v) is 4.92. The number of carbonyl (C=O) groups is 2. The molecule has 9 nitrogen and oxygen atoms in total. The zero-order chi connectivity index (χ0) is 21.7. The first kappa shape index (κ1) is 22.1. The largest absolute Gasteiger partial charge is 0.481 e. The minimum atomic E-state index is -0.272. The first-order valence-corrected chi connectivity index (χ1v) is 9.88. The summed E-state index contributed by atoms with van der Waals surface area (Å²) in [5.41, 5.74) is 0.447. The van der Waals surface area contributed by atoms with E-state index in [-0.39, 0.29) is 36.1 Å². The molecular formula is C19H21Cl2N5O4. The molecule has 1 fully saturated rings. The molecule has 0 radical (unpaired) electrons. The molecule has 11 heteroatoms. The van der Waals surface area contributed by atoms with Gasteiger partial charge in [-0.25, -0.2) is 0 Å². The number of aromatic nitrogens is 2. The molecule has 1 saturated heterocycles. The van der Waals surface area contributed by atoms with Crippen LogP contribution in [0.4, 0.5) is 5.95 Å². The number of anilines is 1. The fourth-order valence-corrected chi connectivity index (χ4v) is 3.53. The molecule has 0 aliphatic carbocycles. The van der Waals surface area contributed by atoms with Crippen molar-refractivity contribution in [3.8, 4) is 11.8 Å². The number of nitrogens with zero attached hydrogens (tertiary/aromatic N) is 4. The van der Waals surface area contributed by atoms with Crippen molar-refractivity contribution in [1.29, 1.82) is 0 Å². The Morgan fingerprint density at radius 1 is 0.967 bits per heavy atom. The van der Waals surface area contributed by atoms with E-state index in [2.05, 4.69) is 15.3 Å². The van der Waals surface area contributed by atoms with Gasteiger partial charge in [-0.2, -0.15) is 9.97 Å². The van der Waals surface area contributed by atoms with Gasteiger partial charge in [0.2, 0.25) is 23.6 Å². The molecule has 0 unspecified atom stereocenters. The molecule has 0 saturated carbocycles. The van der Waals surface area contributed by atoms with Gasteiger partial charge in [-0.15, -0.1) is 0 Å². The van der Waals surface area contributed by atoms with Crippen LogP contribution in [0.25, 0.3) is 0 Å². The van der Waals surface area contributed by atoms with Crippen molar-refractivity contribution in [2.45, 2.75) is 0 Å². The number of hydrogen-bond acceptors (Lipinski definition) is 7. The average molecular weight is 454 g/mol. The second-order valence-electron chi connectivity index (χ2n) is 6.55. The van der Waals surface area contributed by atoms with Gasteiger partial charge >= 0.3 is 0 Å². The molecule has 2 heterocycles. The summed E-state index contributed by atoms with van der Waals surface area (Å²) < 4.78 is 10.1. The molecule has 0 bridgehead atoms. The van der Waals surface area contributed by atoms with Gasteiger partial charge in [0.05, 0.1) is 26.8 Å². The van der Waals surface area contributed by atoms with Crippen molar-refractivity contribution < 1.29 is 19.1 Å². The van der Waals surface area contributed by atoms with Crippen molar-refractivity contribution >= 4 is 41.0 Å². The number of benzene rings is 1. The van der Waals surface area contributed by atoms with Crippen LogP contribution >= 0.6 is 23.2 Å². The van der Waals surface area contributed by atoms with E-state index in [4.69, 9.17) is 32.7 Å². The predicted molar refractivity (Wildman–Crippen MR) is 113 cm³/mol. The fraction of sp³-hybridized carbons (Fsp3) is 0.368. The molecule has 160 valence electrons. The van der Waals surface area contributed by atoms with Crippen LogP contribution in [0.2, 0.25) is 10.0 Å². The van der Waals surface area contributed by atoms with Crippen molar-refractivity contribution in [2.75, 3.05) is 52.3 Å². The Morgan fingerprint density at radius 3 is 2.07 bits per heavy atom. The Kier molecular flexibility index (Phi) is 7.30. The number of rotatable bonds is 6. The molecule has 1 aliphatic rings. The molecule has 1 N–H and O–H groups in total. The van der Waals surface area contributed by atoms with Crippen LogP contribution in [-0.4, -0.2) is 78.5 Å². The molecule has 0 spiro atoms. The van der Waals surface area contributed by atoms with E-state index in [9.17, 15) is 9.59 Å². The van der Waals surface area contributed by atoms with Gasteiger partial charge < -0.3 is 14.4 Å². The Morgan fingerprint density at radius 2 is 1.53 bits per heavy atom. The van der Waals surface area contributed by atoms with Crippen LogP contribution in [0.15, 0.2) is 24.3 Å². The molecule has 1 aromatic carbocycles. The second kappa shape index (κ2) is 9.92. The van der Waals surface area contributed by atoms with Crippen LogP contribution < -0.4 is 14.8 Å². The lowest BCUT2D eigenvalue weighted by Gasteiger charge is -2.34. The standard InChI is InChI=1S/C19H21Cl2N5O4/c1-29-16-10-17(30-2)24-19(23-16)22-15(27)11-25-3-5-26(6-4-25)18(28)12-7-13(20)9-14(21)8-12/h7-10H,3-6,11H2,1-2H3,(H,22,23,24,27). The normalized spacial score (nSPS) is 14.3. The molecule has 2 aromatic rings. The van der Waals surface area contributed by atoms with Gasteiger partial charge in [0.25, 0.3) is 5.91 Å². The van der Waals surface area contributed by atoms with Crippen LogP contribution in [0, 0.1) is 0 Å². The van der Waals surface area contributed by atoms with Crippen LogP contribution in [0.1, 0.15) is 10.4 Å². The minimum absolute atomic E-state index is 0.0999. The van der Waals surface area contributed by atoms with Crippen molar-refractivity contribution in [3.63, 3.8) is 0 Å². The summed E-state index contributed by atoms with van der Waals surface area (Å²) >= 11 is 12.0. The van der Waals surface area contributed by atoms with Crippen molar-refractivity contribution in [2.24, 2.45) is 0 Å². The molecule has 2 amide bonds. The summed E-state index contributed by atoms with van der Waals surface area (Å²) in [6.07, 6.45) is 0. The maximum atomic E-state index is 12.7. The highest BCUT2D eigenvalue weighted by molar-refractivity contribution is 6.35. The number of nitrogens with one attached hydrogen (secondary N) is 1. The lowest BCUT2D eigenvalue weighted by molar-refractivity contribution is -0.117. The van der Waals surface area contributed by atoms with Gasteiger partial charge in [0, 0.05) is 41.8 Å². The highest BCUT2D eigenvalue weighted by atomic mass is 35.5. The van der Waals surface area contributed by atoms with Gasteiger partial charge in [0.1, 0.15) is 0 Å². The Balaban J connectivity index is 1.53. The lowest BCUT2D eigenvalue weighted by atomic mass is 10.2. The topological polar surface area (TPSA) is 96.9 Å². The molecule has 30 heavy (non-hydrogen) atoms. The van der Waals surface area contributed by atoms with Crippen LogP contribution in [-0.2, 0) is 4.79 Å². The molecule has 3 rings (SSSR count). The molecular weight excluding hydrogens is 433 g/mol. The zero-order valence-electron chi connectivity index (χ0n) is 16.5. The summed E-state index contributed by atoms with van der Waals surface area (Å²) in [5, 5.41) is 3.47. The maximum Gasteiger partial charge on any atom is 0.254 e. The SMILES string of the molecule is COc1cc(OC)nc(NC(=O)CN2CCN(C(=O)c3cc(Cl)cc(Cl)c3)CC2)n1. The van der Waals surface area contributed by atoms with E-state index in [0.717, 1.165) is 0 Å². The van der Waals surface area contributed by atoms with Gasteiger partial charge in [-0.1, -0.05) is 23.2 Å². The van der Waals surface area contributed by atoms with E-state index in [1.54, 1.807) is 23.1 Å². The first-order valence-electron chi connectivity index (χ1n) is 9.12. The summed E-state index contributed by atoms with van der Waals surface area (Å²) in [6, 6.07) is 6.28. The second-order valence-corrected chi connectivity index (χ2v) is 7.42. The summed E-state index contributed by atoms with van der Waals surface area (Å²) in [7, 11) is 2.93. The fourth-order valence-electron chi connectivity index (χ4n) is 3.01. The Labute approximate surface area is 183 Å². The number of methoxy groups -OCH3 is 2. The highest BCUT2D eigenvalue weighted by Crippen LogP contribution is 2.21. The quantitative estimate of drug-likeness (QED) is 0.715. The first-order chi connectivity index (χ1) is 14.4. The zero-order valence-corrected chi connectivity index (χ0v) is 18.0. The van der Waals surface area contributed by atoms with E-state index in [1.807, 2.05) is 4.90 Å². The van der Waals surface area contributed by atoms with Gasteiger partial charge in [-0.3, -0.25) is 19.8 Å². The van der Waals surface area contributed by atoms with Crippen molar-refractivity contribution in [3.05, 3.63) is 39.9 Å². The summed E-state index contributed by atoms with van der Waals surface area (Å²) in [4.78, 5) is 36.8. The molecule has 1 aliphatic heterocycles. The number of hydrogen-bond donors (Lipinski definition) is 1. The third kappa shape index (κ3) is 5.71.